The molecule has 0 saturated carbocycles. The number of carbonyl (C=O) groups excluding carboxylic acids is 2. The number of para-hydroxylation sites is 2. The first kappa shape index (κ1) is 22.0. The summed E-state index contributed by atoms with van der Waals surface area (Å²) in [6, 6.07) is 17.4. The highest BCUT2D eigenvalue weighted by atomic mass is 16.2. The topological polar surface area (TPSA) is 55.9 Å². The Balaban J connectivity index is 1.48. The van der Waals surface area contributed by atoms with E-state index in [1.54, 1.807) is 4.90 Å². The summed E-state index contributed by atoms with van der Waals surface area (Å²) >= 11 is 0. The van der Waals surface area contributed by atoms with Gasteiger partial charge in [0.05, 0.1) is 12.6 Å². The maximum Gasteiger partial charge on any atom is 0.243 e. The van der Waals surface area contributed by atoms with Crippen molar-refractivity contribution < 1.29 is 9.59 Å². The minimum Gasteiger partial charge on any atom is -0.325 e. The van der Waals surface area contributed by atoms with Gasteiger partial charge in [0.1, 0.15) is 0 Å². The number of benzene rings is 2. The Morgan fingerprint density at radius 2 is 1.63 bits per heavy atom. The van der Waals surface area contributed by atoms with E-state index in [0.717, 1.165) is 49.5 Å². The molecule has 1 aliphatic rings. The molecular formula is C24H32N4O2. The van der Waals surface area contributed by atoms with Crippen LogP contribution in [0.5, 0.6) is 0 Å². The van der Waals surface area contributed by atoms with Crippen LogP contribution in [0, 0.1) is 0 Å². The van der Waals surface area contributed by atoms with E-state index in [-0.39, 0.29) is 17.9 Å². The predicted molar refractivity (Wildman–Crippen MR) is 122 cm³/mol. The van der Waals surface area contributed by atoms with Crippen molar-refractivity contribution in [1.29, 1.82) is 0 Å². The fourth-order valence-electron chi connectivity index (χ4n) is 3.87. The second-order valence-corrected chi connectivity index (χ2v) is 7.78. The van der Waals surface area contributed by atoms with E-state index in [1.807, 2.05) is 68.6 Å². The lowest BCUT2D eigenvalue weighted by atomic mass is 10.1. The van der Waals surface area contributed by atoms with Crippen LogP contribution >= 0.6 is 0 Å². The van der Waals surface area contributed by atoms with Crippen molar-refractivity contribution in [3.05, 3.63) is 60.2 Å². The summed E-state index contributed by atoms with van der Waals surface area (Å²) in [7, 11) is 1.82. The molecule has 30 heavy (non-hydrogen) atoms. The summed E-state index contributed by atoms with van der Waals surface area (Å²) in [6.45, 7) is 7.51. The normalized spacial score (nSPS) is 16.1. The molecule has 6 heteroatoms. The maximum atomic E-state index is 12.9. The highest BCUT2D eigenvalue weighted by Gasteiger charge is 2.28. The van der Waals surface area contributed by atoms with Crippen LogP contribution in [0.1, 0.15) is 19.4 Å². The molecule has 1 N–H and O–H groups in total. The molecule has 0 bridgehead atoms. The molecule has 2 aromatic carbocycles. The zero-order valence-corrected chi connectivity index (χ0v) is 18.2. The molecule has 0 unspecified atom stereocenters. The predicted octanol–water partition coefficient (Wildman–Crippen LogP) is 2.86. The molecule has 0 aliphatic carbocycles. The SMILES string of the molecule is CCc1ccccc1NC(=O)CN1CCN([C@@H](C)C(=O)N(C)c2ccccc2)CC1. The number of rotatable bonds is 7. The first-order valence-electron chi connectivity index (χ1n) is 10.7. The zero-order chi connectivity index (χ0) is 21.5. The number of aryl methyl sites for hydroxylation is 1. The third-order valence-electron chi connectivity index (χ3n) is 5.83. The summed E-state index contributed by atoms with van der Waals surface area (Å²) in [5, 5.41) is 3.04. The van der Waals surface area contributed by atoms with Crippen LogP contribution < -0.4 is 10.2 Å². The largest absolute Gasteiger partial charge is 0.325 e. The van der Waals surface area contributed by atoms with Crippen molar-refractivity contribution in [2.75, 3.05) is 50.0 Å². The lowest BCUT2D eigenvalue weighted by Crippen LogP contribution is -2.55. The molecule has 3 rings (SSSR count). The van der Waals surface area contributed by atoms with E-state index in [4.69, 9.17) is 0 Å². The number of nitrogens with one attached hydrogen (secondary N) is 1. The third-order valence-corrected chi connectivity index (χ3v) is 5.83. The van der Waals surface area contributed by atoms with Gasteiger partial charge in [0.25, 0.3) is 0 Å². The molecule has 2 aromatic rings. The number of hydrogen-bond acceptors (Lipinski definition) is 4. The van der Waals surface area contributed by atoms with E-state index >= 15 is 0 Å². The Hall–Kier alpha value is -2.70. The lowest BCUT2D eigenvalue weighted by molar-refractivity contribution is -0.124. The summed E-state index contributed by atoms with van der Waals surface area (Å²) in [5.41, 5.74) is 2.94. The number of amides is 2. The van der Waals surface area contributed by atoms with Crippen molar-refractivity contribution in [2.24, 2.45) is 0 Å². The molecule has 0 aromatic heterocycles. The quantitative estimate of drug-likeness (QED) is 0.766. The fraction of sp³-hybridized carbons (Fsp3) is 0.417. The first-order chi connectivity index (χ1) is 14.5. The van der Waals surface area contributed by atoms with Gasteiger partial charge in [-0.2, -0.15) is 0 Å². The van der Waals surface area contributed by atoms with Gasteiger partial charge in [0.15, 0.2) is 0 Å². The van der Waals surface area contributed by atoms with Crippen LogP contribution in [0.4, 0.5) is 11.4 Å². The van der Waals surface area contributed by atoms with Crippen molar-refractivity contribution in [1.82, 2.24) is 9.80 Å². The number of anilines is 2. The fourth-order valence-corrected chi connectivity index (χ4v) is 3.87. The van der Waals surface area contributed by atoms with Gasteiger partial charge in [-0.3, -0.25) is 19.4 Å². The Bertz CT molecular complexity index is 847. The number of likely N-dealkylation sites (N-methyl/N-ethyl adjacent to an activating group) is 1. The molecule has 1 saturated heterocycles. The Kier molecular flexibility index (Phi) is 7.60. The first-order valence-corrected chi connectivity index (χ1v) is 10.7. The smallest absolute Gasteiger partial charge is 0.243 e. The lowest BCUT2D eigenvalue weighted by Gasteiger charge is -2.38. The summed E-state index contributed by atoms with van der Waals surface area (Å²) in [4.78, 5) is 31.4. The molecule has 0 radical (unpaired) electrons. The van der Waals surface area contributed by atoms with Crippen LogP contribution in [0.25, 0.3) is 0 Å². The van der Waals surface area contributed by atoms with Gasteiger partial charge in [-0.1, -0.05) is 43.3 Å². The molecule has 160 valence electrons. The highest BCUT2D eigenvalue weighted by Crippen LogP contribution is 2.17. The summed E-state index contributed by atoms with van der Waals surface area (Å²) < 4.78 is 0. The minimum atomic E-state index is -0.192. The maximum absolute atomic E-state index is 12.9. The van der Waals surface area contributed by atoms with Crippen LogP contribution in [-0.2, 0) is 16.0 Å². The molecular weight excluding hydrogens is 376 g/mol. The molecule has 2 amide bonds. The van der Waals surface area contributed by atoms with Crippen molar-refractivity contribution >= 4 is 23.2 Å². The average molecular weight is 409 g/mol. The summed E-state index contributed by atoms with van der Waals surface area (Å²) in [6.07, 6.45) is 0.887. The van der Waals surface area contributed by atoms with Gasteiger partial charge in [-0.25, -0.2) is 0 Å². The van der Waals surface area contributed by atoms with Crippen LogP contribution in [-0.4, -0.2) is 67.4 Å². The Morgan fingerprint density at radius 1 is 1.00 bits per heavy atom. The third kappa shape index (κ3) is 5.46. The standard InChI is InChI=1S/C24H32N4O2/c1-4-20-10-8-9-13-22(20)25-23(29)18-27-14-16-28(17-15-27)19(2)24(30)26(3)21-11-6-5-7-12-21/h5-13,19H,4,14-18H2,1-3H3,(H,25,29)/t19-/m0/s1. The van der Waals surface area contributed by atoms with Crippen molar-refractivity contribution in [3.8, 4) is 0 Å². The number of hydrogen-bond donors (Lipinski definition) is 1. The monoisotopic (exact) mass is 408 g/mol. The van der Waals surface area contributed by atoms with Crippen LogP contribution in [0.15, 0.2) is 54.6 Å². The average Bonchev–Trinajstić information content (AvgIpc) is 2.79. The van der Waals surface area contributed by atoms with Gasteiger partial charge in [-0.15, -0.1) is 0 Å². The van der Waals surface area contributed by atoms with Gasteiger partial charge in [0.2, 0.25) is 11.8 Å². The Morgan fingerprint density at radius 3 is 2.30 bits per heavy atom. The second-order valence-electron chi connectivity index (χ2n) is 7.78. The van der Waals surface area contributed by atoms with Crippen LogP contribution in [0.3, 0.4) is 0 Å². The minimum absolute atomic E-state index is 0.0114. The number of carbonyl (C=O) groups is 2. The molecule has 1 heterocycles. The van der Waals surface area contributed by atoms with Crippen molar-refractivity contribution in [2.45, 2.75) is 26.3 Å². The van der Waals surface area contributed by atoms with Gasteiger partial charge >= 0.3 is 0 Å². The second kappa shape index (κ2) is 10.4. The summed E-state index contributed by atoms with van der Waals surface area (Å²) in [5.74, 6) is 0.0980. The van der Waals surface area contributed by atoms with Gasteiger partial charge in [-0.05, 0) is 37.1 Å². The number of piperazine rings is 1. The van der Waals surface area contributed by atoms with E-state index in [2.05, 4.69) is 22.0 Å². The highest BCUT2D eigenvalue weighted by molar-refractivity contribution is 5.96. The zero-order valence-electron chi connectivity index (χ0n) is 18.2. The van der Waals surface area contributed by atoms with Gasteiger partial charge in [0, 0.05) is 44.6 Å². The molecule has 1 atom stereocenters. The van der Waals surface area contributed by atoms with Gasteiger partial charge < -0.3 is 10.2 Å². The van der Waals surface area contributed by atoms with Crippen molar-refractivity contribution in [3.63, 3.8) is 0 Å². The van der Waals surface area contributed by atoms with E-state index in [9.17, 15) is 9.59 Å². The molecule has 0 spiro atoms. The molecule has 1 aliphatic heterocycles. The van der Waals surface area contributed by atoms with E-state index in [0.29, 0.717) is 6.54 Å². The molecule has 1 fully saturated rings. The number of nitrogens with zero attached hydrogens (tertiary/aromatic N) is 3. The Labute approximate surface area is 179 Å². The van der Waals surface area contributed by atoms with Crippen LogP contribution in [0.2, 0.25) is 0 Å². The molecule has 6 nitrogen and oxygen atoms in total. The van der Waals surface area contributed by atoms with E-state index in [1.165, 1.54) is 0 Å². The van der Waals surface area contributed by atoms with E-state index < -0.39 is 0 Å².